The Morgan fingerprint density at radius 2 is 1.47 bits per heavy atom. The molecule has 10 atom stereocenters. The van der Waals surface area contributed by atoms with Crippen LogP contribution in [-0.2, 0) is 30.3 Å². The van der Waals surface area contributed by atoms with Gasteiger partial charge in [-0.05, 0) is 167 Å². The van der Waals surface area contributed by atoms with Gasteiger partial charge in [0, 0.05) is 11.8 Å². The molecule has 8 nitrogen and oxygen atoms in total. The minimum Gasteiger partial charge on any atom is -0.462 e. The molecule has 2 amide bonds. The summed E-state index contributed by atoms with van der Waals surface area (Å²) in [6.45, 7) is 30.0. The largest absolute Gasteiger partial charge is 0.462 e. The molecule has 5 saturated carbocycles. The minimum atomic E-state index is -1.25. The number of rotatable bonds is 8. The van der Waals surface area contributed by atoms with E-state index >= 15 is 0 Å². The molecular weight excluding hydrogens is 749 g/mol. The molecule has 5 fully saturated rings. The zero-order valence-corrected chi connectivity index (χ0v) is 39.7. The van der Waals surface area contributed by atoms with Crippen LogP contribution in [0.5, 0.6) is 0 Å². The Hall–Kier alpha value is -3.16. The van der Waals surface area contributed by atoms with Crippen molar-refractivity contribution >= 4 is 23.8 Å². The lowest BCUT2D eigenvalue weighted by Crippen LogP contribution is -2.68. The average molecular weight is 827 g/mol. The lowest BCUT2D eigenvalue weighted by Gasteiger charge is -2.72. The first-order chi connectivity index (χ1) is 27.6. The van der Waals surface area contributed by atoms with E-state index in [1.807, 2.05) is 0 Å². The minimum absolute atomic E-state index is 0.00166. The maximum absolute atomic E-state index is 14.3. The van der Waals surface area contributed by atoms with E-state index in [0.29, 0.717) is 24.2 Å². The van der Waals surface area contributed by atoms with Crippen LogP contribution in [0, 0.1) is 62.6 Å². The number of Topliss-reactive ketones (excluding diaryl/α,β-unsaturated/α-hetero) is 1. The fourth-order valence-electron chi connectivity index (χ4n) is 14.8. The van der Waals surface area contributed by atoms with E-state index in [1.165, 1.54) is 11.1 Å². The van der Waals surface area contributed by atoms with E-state index in [2.05, 4.69) is 103 Å². The predicted octanol–water partition coefficient (Wildman–Crippen LogP) is 11.0. The molecule has 1 aromatic rings. The molecule has 0 aromatic heterocycles. The van der Waals surface area contributed by atoms with E-state index in [0.717, 1.165) is 63.4 Å². The summed E-state index contributed by atoms with van der Waals surface area (Å²) in [6.07, 6.45) is 9.20. The van der Waals surface area contributed by atoms with Crippen LogP contribution in [0.4, 0.5) is 4.79 Å². The fraction of sp³-hybridized carbons (Fsp3) is 0.769. The van der Waals surface area contributed by atoms with Crippen LogP contribution in [0.2, 0.25) is 0 Å². The number of esters is 1. The van der Waals surface area contributed by atoms with Crippen molar-refractivity contribution in [2.45, 2.75) is 190 Å². The van der Waals surface area contributed by atoms with Gasteiger partial charge < -0.3 is 20.1 Å². The van der Waals surface area contributed by atoms with Gasteiger partial charge in [-0.15, -0.1) is 0 Å². The Balaban J connectivity index is 1.10. The molecule has 0 aliphatic heterocycles. The van der Waals surface area contributed by atoms with Gasteiger partial charge in [-0.25, -0.2) is 4.79 Å². The van der Waals surface area contributed by atoms with Gasteiger partial charge in [0.1, 0.15) is 17.2 Å². The Morgan fingerprint density at radius 3 is 2.08 bits per heavy atom. The Bertz CT molecular complexity index is 1920. The third kappa shape index (κ3) is 7.08. The number of ether oxygens (including phenoxy) is 2. The number of alkyl carbamates (subject to hydrolysis) is 1. The smallest absolute Gasteiger partial charge is 0.408 e. The quantitative estimate of drug-likeness (QED) is 0.253. The summed E-state index contributed by atoms with van der Waals surface area (Å²) in [5.41, 5.74) is 0.505. The second kappa shape index (κ2) is 14.7. The Kier molecular flexibility index (Phi) is 11.0. The molecular formula is C52H78N2O6. The summed E-state index contributed by atoms with van der Waals surface area (Å²) < 4.78 is 12.2. The molecule has 2 N–H and O–H groups in total. The van der Waals surface area contributed by atoms with Gasteiger partial charge in [-0.2, -0.15) is 0 Å². The second-order valence-corrected chi connectivity index (χ2v) is 24.3. The number of hydrogen-bond acceptors (Lipinski definition) is 6. The molecule has 0 unspecified atom stereocenters. The highest BCUT2D eigenvalue weighted by atomic mass is 16.6. The molecule has 8 heteroatoms. The van der Waals surface area contributed by atoms with E-state index in [4.69, 9.17) is 9.47 Å². The van der Waals surface area contributed by atoms with E-state index in [-0.39, 0.29) is 75.0 Å². The molecule has 0 saturated heterocycles. The summed E-state index contributed by atoms with van der Waals surface area (Å²) in [5.74, 6) is 1.38. The first-order valence-electron chi connectivity index (χ1n) is 23.5. The van der Waals surface area contributed by atoms with Crippen molar-refractivity contribution in [1.82, 2.24) is 10.6 Å². The highest BCUT2D eigenvalue weighted by molar-refractivity contribution is 6.03. The molecule has 0 bridgehead atoms. The van der Waals surface area contributed by atoms with Crippen LogP contribution in [0.15, 0.2) is 41.5 Å². The van der Waals surface area contributed by atoms with Crippen LogP contribution < -0.4 is 10.6 Å². The van der Waals surface area contributed by atoms with Crippen molar-refractivity contribution in [3.8, 4) is 0 Å². The molecule has 6 aliphatic carbocycles. The average Bonchev–Trinajstić information content (AvgIpc) is 3.42. The zero-order chi connectivity index (χ0) is 44.2. The van der Waals surface area contributed by atoms with E-state index in [9.17, 15) is 19.2 Å². The van der Waals surface area contributed by atoms with Gasteiger partial charge in [-0.1, -0.05) is 92.6 Å². The first kappa shape index (κ1) is 44.9. The fourth-order valence-corrected chi connectivity index (χ4v) is 14.8. The van der Waals surface area contributed by atoms with Crippen LogP contribution in [-0.4, -0.2) is 46.5 Å². The molecule has 1 aromatic carbocycles. The molecule has 60 heavy (non-hydrogen) atoms. The van der Waals surface area contributed by atoms with E-state index in [1.54, 1.807) is 34.6 Å². The molecule has 0 radical (unpaired) electrons. The van der Waals surface area contributed by atoms with Gasteiger partial charge in [0.15, 0.2) is 5.78 Å². The summed E-state index contributed by atoms with van der Waals surface area (Å²) in [4.78, 5) is 55.3. The SMILES string of the molecule is CC(C)C1=C2[C@H]3CC[C@@H]4[C@@]5(C)CC[C@H](OC(=O)[C@H]6C[C@@H](Cc7ccccc7)C6(C)C)C(C)(C)[C@@H]5CC[C@@]4(C)[C@]3(C)CC[C@@]2(NC(=O)C(C)(C)NC(=O)OC(C)(C)C)CC1=O. The van der Waals surface area contributed by atoms with Crippen molar-refractivity contribution in [1.29, 1.82) is 0 Å². The summed E-state index contributed by atoms with van der Waals surface area (Å²) in [5, 5.41) is 6.25. The summed E-state index contributed by atoms with van der Waals surface area (Å²) in [6, 6.07) is 10.6. The van der Waals surface area contributed by atoms with Crippen LogP contribution in [0.3, 0.4) is 0 Å². The highest BCUT2D eigenvalue weighted by Gasteiger charge is 2.70. The third-order valence-corrected chi connectivity index (χ3v) is 18.4. The number of amides is 2. The van der Waals surface area contributed by atoms with E-state index < -0.39 is 22.8 Å². The number of carbonyl (C=O) groups is 4. The Labute approximate surface area is 361 Å². The first-order valence-corrected chi connectivity index (χ1v) is 23.5. The topological polar surface area (TPSA) is 111 Å². The number of nitrogens with one attached hydrogen (secondary N) is 2. The number of benzene rings is 1. The lowest BCUT2D eigenvalue weighted by atomic mass is 9.33. The number of fused-ring (bicyclic) bond motifs is 7. The van der Waals surface area contributed by atoms with Gasteiger partial charge >= 0.3 is 12.1 Å². The maximum Gasteiger partial charge on any atom is 0.408 e. The molecule has 7 rings (SSSR count). The number of carbonyl (C=O) groups excluding carboxylic acids is 4. The molecule has 6 aliphatic rings. The van der Waals surface area contributed by atoms with Gasteiger partial charge in [0.2, 0.25) is 5.91 Å². The zero-order valence-electron chi connectivity index (χ0n) is 39.7. The molecule has 0 heterocycles. The van der Waals surface area contributed by atoms with Crippen molar-refractivity contribution in [2.75, 3.05) is 0 Å². The maximum atomic E-state index is 14.3. The summed E-state index contributed by atoms with van der Waals surface area (Å²) >= 11 is 0. The monoisotopic (exact) mass is 827 g/mol. The number of hydrogen-bond donors (Lipinski definition) is 2. The lowest BCUT2D eigenvalue weighted by molar-refractivity contribution is -0.235. The third-order valence-electron chi connectivity index (χ3n) is 18.4. The number of allylic oxidation sites excluding steroid dienone is 1. The van der Waals surface area contributed by atoms with Crippen LogP contribution in [0.1, 0.15) is 167 Å². The predicted molar refractivity (Wildman–Crippen MR) is 237 cm³/mol. The highest BCUT2D eigenvalue weighted by Crippen LogP contribution is 2.76. The van der Waals surface area contributed by atoms with Crippen molar-refractivity contribution in [3.63, 3.8) is 0 Å². The van der Waals surface area contributed by atoms with Crippen molar-refractivity contribution < 1.29 is 28.7 Å². The second-order valence-electron chi connectivity index (χ2n) is 24.3. The van der Waals surface area contributed by atoms with Crippen molar-refractivity contribution in [3.05, 3.63) is 47.0 Å². The van der Waals surface area contributed by atoms with Gasteiger partial charge in [0.25, 0.3) is 0 Å². The standard InChI is InChI=1S/C52H78N2O6/c1-31(2)40-36(55)30-52(53-43(57)48(10,11)54-44(58)60-45(3,4)5)27-26-50(13)34(41(40)52)20-21-38-49(12)24-23-39(47(8,9)37(49)22-25-51(38,50)14)59-42(56)35-29-33(46(35,6)7)28-32-18-16-15-17-19-32/h15-19,31,33-35,37-39H,20-30H2,1-14H3,(H,53,57)(H,54,58)/t33-,34-,35-,37+,38-,39+,49+,50-,51-,52-/m1/s1. The molecule has 0 spiro atoms. The number of ketones is 1. The van der Waals surface area contributed by atoms with Crippen LogP contribution in [0.25, 0.3) is 0 Å². The van der Waals surface area contributed by atoms with Gasteiger partial charge in [-0.3, -0.25) is 14.4 Å². The Morgan fingerprint density at radius 1 is 0.800 bits per heavy atom. The normalized spacial score (nSPS) is 38.1. The van der Waals surface area contributed by atoms with Crippen molar-refractivity contribution in [2.24, 2.45) is 62.6 Å². The molecule has 332 valence electrons. The van der Waals surface area contributed by atoms with Crippen LogP contribution >= 0.6 is 0 Å². The summed E-state index contributed by atoms with van der Waals surface area (Å²) in [7, 11) is 0. The van der Waals surface area contributed by atoms with Gasteiger partial charge in [0.05, 0.1) is 11.5 Å².